The third-order valence-electron chi connectivity index (χ3n) is 2.25. The number of aromatic nitrogens is 1. The summed E-state index contributed by atoms with van der Waals surface area (Å²) in [6.45, 7) is 6.82. The molecule has 1 aromatic rings. The number of nitrogens with zero attached hydrogens (tertiary/aromatic N) is 2. The third kappa shape index (κ3) is 1.44. The molecule has 0 aliphatic heterocycles. The van der Waals surface area contributed by atoms with Crippen LogP contribution in [0.5, 0.6) is 0 Å². The molecule has 1 fully saturated rings. The number of rotatable bonds is 2. The van der Waals surface area contributed by atoms with E-state index in [-0.39, 0.29) is 5.69 Å². The molecule has 0 spiro atoms. The number of carboxylic acid groups (broad SMARTS) is 1. The summed E-state index contributed by atoms with van der Waals surface area (Å²) in [5.41, 5.74) is 1.22. The second-order valence-electron chi connectivity index (χ2n) is 3.32. The summed E-state index contributed by atoms with van der Waals surface area (Å²) in [4.78, 5) is 17.8. The first-order valence-corrected chi connectivity index (χ1v) is 4.33. The van der Waals surface area contributed by atoms with Gasteiger partial charge in [-0.15, -0.1) is 0 Å². The first-order valence-electron chi connectivity index (χ1n) is 4.33. The minimum atomic E-state index is -1.01. The van der Waals surface area contributed by atoms with Crippen molar-refractivity contribution in [1.82, 2.24) is 4.98 Å². The number of aromatic carboxylic acids is 1. The normalized spacial score (nSPS) is 14.8. The largest absolute Gasteiger partial charge is 0.477 e. The van der Waals surface area contributed by atoms with Gasteiger partial charge in [-0.3, -0.25) is 4.98 Å². The van der Waals surface area contributed by atoms with Gasteiger partial charge in [-0.25, -0.2) is 9.64 Å². The Morgan fingerprint density at radius 2 is 2.36 bits per heavy atom. The molecule has 0 amide bonds. The quantitative estimate of drug-likeness (QED) is 0.724. The van der Waals surface area contributed by atoms with E-state index in [1.54, 1.807) is 6.07 Å². The summed E-state index contributed by atoms with van der Waals surface area (Å²) < 4.78 is 0. The van der Waals surface area contributed by atoms with E-state index in [1.807, 2.05) is 0 Å². The monoisotopic (exact) mass is 188 g/mol. The van der Waals surface area contributed by atoms with Gasteiger partial charge in [-0.05, 0) is 30.4 Å². The molecule has 2 rings (SSSR count). The lowest BCUT2D eigenvalue weighted by Gasteiger charge is -2.03. The van der Waals surface area contributed by atoms with Crippen LogP contribution in [0.3, 0.4) is 0 Å². The molecule has 1 aliphatic carbocycles. The number of hydrogen-bond acceptors (Lipinski definition) is 2. The zero-order valence-electron chi connectivity index (χ0n) is 7.40. The highest BCUT2D eigenvalue weighted by Gasteiger charge is 2.28. The maximum Gasteiger partial charge on any atom is 0.354 e. The Bertz CT molecular complexity index is 430. The fourth-order valence-corrected chi connectivity index (χ4v) is 1.42. The van der Waals surface area contributed by atoms with E-state index in [0.717, 1.165) is 12.8 Å². The Balaban J connectivity index is 2.50. The molecule has 1 N–H and O–H groups in total. The Morgan fingerprint density at radius 3 is 2.86 bits per heavy atom. The standard InChI is InChI=1S/C10H8N2O2/c1-11-7-4-8(6-2-3-6)9(10(13)14)12-5-7/h4-6H,2-3H2,(H,13,14). The molecule has 1 saturated carbocycles. The van der Waals surface area contributed by atoms with Crippen molar-refractivity contribution in [1.29, 1.82) is 0 Å². The van der Waals surface area contributed by atoms with E-state index in [4.69, 9.17) is 11.7 Å². The van der Waals surface area contributed by atoms with E-state index in [1.165, 1.54) is 6.20 Å². The first-order chi connectivity index (χ1) is 6.72. The third-order valence-corrected chi connectivity index (χ3v) is 2.25. The lowest BCUT2D eigenvalue weighted by Crippen LogP contribution is -2.04. The molecule has 0 unspecified atom stereocenters. The Kier molecular flexibility index (Phi) is 1.93. The van der Waals surface area contributed by atoms with Gasteiger partial charge in [-0.1, -0.05) is 0 Å². The zero-order chi connectivity index (χ0) is 10.1. The van der Waals surface area contributed by atoms with Crippen molar-refractivity contribution in [2.75, 3.05) is 0 Å². The highest BCUT2D eigenvalue weighted by molar-refractivity contribution is 5.88. The predicted octanol–water partition coefficient (Wildman–Crippen LogP) is 2.21. The maximum atomic E-state index is 10.8. The zero-order valence-corrected chi connectivity index (χ0v) is 7.40. The van der Waals surface area contributed by atoms with Gasteiger partial charge in [0.05, 0.1) is 6.57 Å². The minimum absolute atomic E-state index is 0.0971. The van der Waals surface area contributed by atoms with E-state index in [0.29, 0.717) is 17.2 Å². The predicted molar refractivity (Wildman–Crippen MR) is 49.4 cm³/mol. The van der Waals surface area contributed by atoms with Crippen molar-refractivity contribution in [3.8, 4) is 0 Å². The van der Waals surface area contributed by atoms with Crippen LogP contribution in [0.2, 0.25) is 0 Å². The van der Waals surface area contributed by atoms with Crippen LogP contribution in [-0.2, 0) is 0 Å². The van der Waals surface area contributed by atoms with Crippen LogP contribution in [0, 0.1) is 6.57 Å². The van der Waals surface area contributed by atoms with E-state index < -0.39 is 5.97 Å². The van der Waals surface area contributed by atoms with E-state index >= 15 is 0 Å². The number of carboxylic acids is 1. The Morgan fingerprint density at radius 1 is 1.64 bits per heavy atom. The molecule has 4 heteroatoms. The lowest BCUT2D eigenvalue weighted by atomic mass is 10.1. The molecule has 0 bridgehead atoms. The second kappa shape index (κ2) is 3.11. The molecule has 4 nitrogen and oxygen atoms in total. The smallest absolute Gasteiger partial charge is 0.354 e. The van der Waals surface area contributed by atoms with Gasteiger partial charge in [0.1, 0.15) is 5.69 Å². The number of pyridine rings is 1. The topological polar surface area (TPSA) is 54.5 Å². The van der Waals surface area contributed by atoms with Crippen molar-refractivity contribution in [3.63, 3.8) is 0 Å². The van der Waals surface area contributed by atoms with Crippen molar-refractivity contribution in [3.05, 3.63) is 34.9 Å². The molecule has 0 saturated heterocycles. The molecular formula is C10H8N2O2. The average molecular weight is 188 g/mol. The first kappa shape index (κ1) is 8.70. The van der Waals surface area contributed by atoms with Gasteiger partial charge >= 0.3 is 5.97 Å². The summed E-state index contributed by atoms with van der Waals surface area (Å²) in [6, 6.07) is 1.64. The highest BCUT2D eigenvalue weighted by atomic mass is 16.4. The molecule has 1 heterocycles. The van der Waals surface area contributed by atoms with Gasteiger partial charge in [-0.2, -0.15) is 0 Å². The van der Waals surface area contributed by atoms with Gasteiger partial charge in [0.2, 0.25) is 5.69 Å². The Labute approximate surface area is 81.0 Å². The van der Waals surface area contributed by atoms with E-state index in [2.05, 4.69) is 9.83 Å². The molecule has 0 radical (unpaired) electrons. The van der Waals surface area contributed by atoms with Crippen molar-refractivity contribution < 1.29 is 9.90 Å². The summed E-state index contributed by atoms with van der Waals surface area (Å²) in [6.07, 6.45) is 3.31. The molecular weight excluding hydrogens is 180 g/mol. The molecule has 14 heavy (non-hydrogen) atoms. The molecule has 70 valence electrons. The molecule has 1 aliphatic rings. The number of carbonyl (C=O) groups is 1. The van der Waals surface area contributed by atoms with Crippen LogP contribution in [0.25, 0.3) is 4.85 Å². The van der Waals surface area contributed by atoms with Crippen molar-refractivity contribution in [2.24, 2.45) is 0 Å². The van der Waals surface area contributed by atoms with Crippen molar-refractivity contribution >= 4 is 11.7 Å². The van der Waals surface area contributed by atoms with Crippen LogP contribution >= 0.6 is 0 Å². The highest BCUT2D eigenvalue weighted by Crippen LogP contribution is 2.42. The summed E-state index contributed by atoms with van der Waals surface area (Å²) in [5.74, 6) is -0.710. The molecule has 0 aromatic carbocycles. The van der Waals surface area contributed by atoms with Crippen molar-refractivity contribution in [2.45, 2.75) is 18.8 Å². The van der Waals surface area contributed by atoms with Crippen LogP contribution in [0.1, 0.15) is 34.8 Å². The van der Waals surface area contributed by atoms with Crippen LogP contribution in [0.15, 0.2) is 12.3 Å². The fraction of sp³-hybridized carbons (Fsp3) is 0.300. The van der Waals surface area contributed by atoms with Crippen LogP contribution in [-0.4, -0.2) is 16.1 Å². The fourth-order valence-electron chi connectivity index (χ4n) is 1.42. The van der Waals surface area contributed by atoms with Gasteiger partial charge in [0.25, 0.3) is 0 Å². The maximum absolute atomic E-state index is 10.8. The summed E-state index contributed by atoms with van der Waals surface area (Å²) >= 11 is 0. The second-order valence-corrected chi connectivity index (χ2v) is 3.32. The van der Waals surface area contributed by atoms with Gasteiger partial charge in [0, 0.05) is 6.20 Å². The SMILES string of the molecule is [C-]#[N+]c1cnc(C(=O)O)c(C2CC2)c1. The average Bonchev–Trinajstić information content (AvgIpc) is 3.00. The summed E-state index contributed by atoms with van der Waals surface area (Å²) in [7, 11) is 0. The molecule has 1 aromatic heterocycles. The van der Waals surface area contributed by atoms with Gasteiger partial charge in [0.15, 0.2) is 0 Å². The van der Waals surface area contributed by atoms with Gasteiger partial charge < -0.3 is 5.11 Å². The van der Waals surface area contributed by atoms with E-state index in [9.17, 15) is 4.79 Å². The number of hydrogen-bond donors (Lipinski definition) is 1. The van der Waals surface area contributed by atoms with Crippen LogP contribution < -0.4 is 0 Å². The van der Waals surface area contributed by atoms with Crippen LogP contribution in [0.4, 0.5) is 5.69 Å². The molecule has 0 atom stereocenters. The summed E-state index contributed by atoms with van der Waals surface area (Å²) in [5, 5.41) is 8.87. The lowest BCUT2D eigenvalue weighted by molar-refractivity contribution is 0.0689. The minimum Gasteiger partial charge on any atom is -0.477 e. The Hall–Kier alpha value is -1.89.